The zero-order chi connectivity index (χ0) is 18.7. The second kappa shape index (κ2) is 23.2. The molecule has 0 saturated carbocycles. The normalized spacial score (nSPS) is 11.6. The van der Waals surface area contributed by atoms with Gasteiger partial charge in [0.25, 0.3) is 0 Å². The van der Waals surface area contributed by atoms with Crippen LogP contribution in [0.1, 0.15) is 61.8 Å². The topological polar surface area (TPSA) is 92.2 Å². The van der Waals surface area contributed by atoms with E-state index in [-0.39, 0.29) is 0 Å². The van der Waals surface area contributed by atoms with Gasteiger partial charge in [0.1, 0.15) is 0 Å². The summed E-state index contributed by atoms with van der Waals surface area (Å²) in [7, 11) is 0. The van der Waals surface area contributed by atoms with E-state index in [1.165, 1.54) is 4.28 Å². The van der Waals surface area contributed by atoms with Gasteiger partial charge in [0.15, 0.2) is 0 Å². The molecule has 0 spiro atoms. The molecule has 22 heavy (non-hydrogen) atoms. The van der Waals surface area contributed by atoms with E-state index in [4.69, 9.17) is 0 Å². The molecule has 0 aliphatic heterocycles. The van der Waals surface area contributed by atoms with Crippen LogP contribution in [-0.4, -0.2) is 24.4 Å². The molecule has 0 aromatic carbocycles. The summed E-state index contributed by atoms with van der Waals surface area (Å²) in [4.78, 5) is 0. The van der Waals surface area contributed by atoms with Crippen molar-refractivity contribution >= 4 is 0 Å². The minimum absolute atomic E-state index is 0.417. The Hall–Kier alpha value is -0.0956. The van der Waals surface area contributed by atoms with Gasteiger partial charge in [-0.25, -0.2) is 0 Å². The molecule has 0 aromatic heterocycles. The molecule has 0 radical (unpaired) electrons. The SMILES string of the molecule is CC(C)[O-].CC(C)[O-].CC(C)[O-].CC(C)[O-].[V+4][C]1=CC=CC1. The van der Waals surface area contributed by atoms with Crippen molar-refractivity contribution in [3.63, 3.8) is 0 Å². The fourth-order valence-electron chi connectivity index (χ4n) is 0.436. The fraction of sp³-hybridized carbons (Fsp3) is 0.765. The molecule has 1 aliphatic rings. The van der Waals surface area contributed by atoms with Gasteiger partial charge in [0, 0.05) is 0 Å². The van der Waals surface area contributed by atoms with Gasteiger partial charge < -0.3 is 20.4 Å². The molecule has 0 bridgehead atoms. The van der Waals surface area contributed by atoms with Crippen molar-refractivity contribution in [1.82, 2.24) is 0 Å². The third-order valence-electron chi connectivity index (χ3n) is 0.752. The Balaban J connectivity index is -0.0000000937. The van der Waals surface area contributed by atoms with E-state index < -0.39 is 24.4 Å². The van der Waals surface area contributed by atoms with Crippen molar-refractivity contribution in [3.05, 3.63) is 22.5 Å². The van der Waals surface area contributed by atoms with E-state index in [0.29, 0.717) is 0 Å². The maximum atomic E-state index is 9.53. The van der Waals surface area contributed by atoms with Crippen molar-refractivity contribution in [3.8, 4) is 0 Å². The Kier molecular flexibility index (Phi) is 31.5. The predicted molar refractivity (Wildman–Crippen MR) is 82.4 cm³/mol. The molecule has 0 amide bonds. The van der Waals surface area contributed by atoms with Gasteiger partial charge in [-0.1, -0.05) is 55.4 Å². The molecule has 0 heterocycles. The Labute approximate surface area is 146 Å². The first-order valence-corrected chi connectivity index (χ1v) is 8.20. The number of rotatable bonds is 0. The number of hydrogen-bond acceptors (Lipinski definition) is 4. The summed E-state index contributed by atoms with van der Waals surface area (Å²) in [6.45, 7) is 12.9. The van der Waals surface area contributed by atoms with Gasteiger partial charge in [-0.15, -0.1) is 24.4 Å². The zero-order valence-electron chi connectivity index (χ0n) is 15.3. The fourth-order valence-corrected chi connectivity index (χ4v) is 0.735. The standard InChI is InChI=1S/C5H5.4C3H7O.V/c1-2-4-5-3-1;4*1-3(2)4;/h1-3H,4H2;4*3H,1-2H3;/q;4*-1;+4. The van der Waals surface area contributed by atoms with Crippen LogP contribution < -0.4 is 20.4 Å². The Morgan fingerprint density at radius 2 is 0.955 bits per heavy atom. The molecule has 0 unspecified atom stereocenters. The van der Waals surface area contributed by atoms with Crippen LogP contribution in [0.25, 0.3) is 0 Å². The quantitative estimate of drug-likeness (QED) is 0.631. The number of hydrogen-bond donors (Lipinski definition) is 0. The van der Waals surface area contributed by atoms with Crippen LogP contribution in [-0.2, 0) is 17.4 Å². The average Bonchev–Trinajstić information content (AvgIpc) is 2.64. The molecule has 5 heteroatoms. The molecule has 4 nitrogen and oxygen atoms in total. The zero-order valence-corrected chi connectivity index (χ0v) is 16.7. The van der Waals surface area contributed by atoms with Gasteiger partial charge >= 0.3 is 46.4 Å². The summed E-state index contributed by atoms with van der Waals surface area (Å²) >= 11 is 2.54. The van der Waals surface area contributed by atoms with Crippen LogP contribution in [0.2, 0.25) is 0 Å². The second-order valence-corrected chi connectivity index (χ2v) is 6.38. The van der Waals surface area contributed by atoms with Crippen molar-refractivity contribution in [1.29, 1.82) is 0 Å². The third kappa shape index (κ3) is 149. The summed E-state index contributed by atoms with van der Waals surface area (Å²) in [5.41, 5.74) is 0. The van der Waals surface area contributed by atoms with Crippen LogP contribution in [0, 0.1) is 0 Å². The van der Waals surface area contributed by atoms with Crippen LogP contribution in [0.4, 0.5) is 0 Å². The van der Waals surface area contributed by atoms with Crippen LogP contribution in [0.5, 0.6) is 0 Å². The molecule has 1 rings (SSSR count). The van der Waals surface area contributed by atoms with E-state index in [2.05, 4.69) is 35.7 Å². The van der Waals surface area contributed by atoms with Crippen molar-refractivity contribution in [2.45, 2.75) is 86.2 Å². The predicted octanol–water partition coefficient (Wildman–Crippen LogP) is 0.397. The van der Waals surface area contributed by atoms with Gasteiger partial charge in [0.05, 0.1) is 0 Å². The van der Waals surface area contributed by atoms with E-state index >= 15 is 0 Å². The minimum atomic E-state index is -0.417. The first-order valence-electron chi connectivity index (χ1n) is 7.50. The first kappa shape index (κ1) is 29.9. The van der Waals surface area contributed by atoms with Crippen LogP contribution >= 0.6 is 0 Å². The maximum absolute atomic E-state index is 9.53. The molecule has 0 saturated heterocycles. The van der Waals surface area contributed by atoms with Crippen molar-refractivity contribution < 1.29 is 37.9 Å². The molecule has 1 aliphatic carbocycles. The first-order chi connectivity index (χ1) is 9.82. The third-order valence-corrected chi connectivity index (χ3v) is 1.27. The number of allylic oxidation sites excluding steroid dienone is 4. The Morgan fingerprint density at radius 1 is 0.727 bits per heavy atom. The van der Waals surface area contributed by atoms with Crippen LogP contribution in [0.15, 0.2) is 22.5 Å². The van der Waals surface area contributed by atoms with Crippen molar-refractivity contribution in [2.24, 2.45) is 0 Å². The van der Waals surface area contributed by atoms with Crippen molar-refractivity contribution in [2.75, 3.05) is 0 Å². The van der Waals surface area contributed by atoms with Gasteiger partial charge in [-0.3, -0.25) is 0 Å². The van der Waals surface area contributed by atoms with Gasteiger partial charge in [-0.05, 0) is 0 Å². The van der Waals surface area contributed by atoms with E-state index in [0.717, 1.165) is 6.42 Å². The second-order valence-electron chi connectivity index (χ2n) is 5.49. The molecular formula is C17H33O4V. The molecular weight excluding hydrogens is 319 g/mol. The Morgan fingerprint density at radius 3 is 1.00 bits per heavy atom. The summed E-state index contributed by atoms with van der Waals surface area (Å²) < 4.78 is 1.41. The Bertz CT molecular complexity index is 212. The molecule has 0 aromatic rings. The van der Waals surface area contributed by atoms with E-state index in [1.807, 2.05) is 0 Å². The molecule has 0 fully saturated rings. The molecule has 0 N–H and O–H groups in total. The van der Waals surface area contributed by atoms with E-state index in [9.17, 15) is 20.4 Å². The van der Waals surface area contributed by atoms with Gasteiger partial charge in [-0.2, -0.15) is 0 Å². The van der Waals surface area contributed by atoms with Gasteiger partial charge in [0.2, 0.25) is 0 Å². The average molecular weight is 352 g/mol. The molecule has 0 atom stereocenters. The monoisotopic (exact) mass is 352 g/mol. The summed E-state index contributed by atoms with van der Waals surface area (Å²) in [6.07, 6.45) is 5.81. The summed E-state index contributed by atoms with van der Waals surface area (Å²) in [5, 5.41) is 38.1. The van der Waals surface area contributed by atoms with E-state index in [1.54, 1.807) is 55.4 Å². The summed E-state index contributed by atoms with van der Waals surface area (Å²) in [5.74, 6) is 0. The summed E-state index contributed by atoms with van der Waals surface area (Å²) in [6, 6.07) is 0. The molecule has 130 valence electrons. The van der Waals surface area contributed by atoms with Crippen LogP contribution in [0.3, 0.4) is 0 Å².